The summed E-state index contributed by atoms with van der Waals surface area (Å²) < 4.78 is 0. The number of carbonyl (C=O) groups excluding carboxylic acids is 3. The molecule has 2 heterocycles. The first-order chi connectivity index (χ1) is 17.0. The van der Waals surface area contributed by atoms with Crippen LogP contribution in [0.1, 0.15) is 45.2 Å². The molecule has 0 aliphatic carbocycles. The molecule has 0 radical (unpaired) electrons. The van der Waals surface area contributed by atoms with Gasteiger partial charge in [0.05, 0.1) is 12.4 Å². The summed E-state index contributed by atoms with van der Waals surface area (Å²) in [6.07, 6.45) is 4.81. The van der Waals surface area contributed by atoms with Gasteiger partial charge in [-0.1, -0.05) is 13.8 Å². The monoisotopic (exact) mass is 507 g/mol. The van der Waals surface area contributed by atoms with Crippen molar-refractivity contribution in [3.8, 4) is 0 Å². The molecule has 1 saturated heterocycles. The fourth-order valence-electron chi connectivity index (χ4n) is 4.02. The summed E-state index contributed by atoms with van der Waals surface area (Å²) in [6.45, 7) is 4.19. The van der Waals surface area contributed by atoms with Crippen molar-refractivity contribution in [2.24, 2.45) is 28.1 Å². The van der Waals surface area contributed by atoms with Crippen molar-refractivity contribution in [3.63, 3.8) is 0 Å². The number of aliphatic carboxylic acids is 1. The van der Waals surface area contributed by atoms with Gasteiger partial charge in [0.1, 0.15) is 18.1 Å². The van der Waals surface area contributed by atoms with E-state index in [9.17, 15) is 24.3 Å². The van der Waals surface area contributed by atoms with E-state index in [0.29, 0.717) is 44.5 Å². The van der Waals surface area contributed by atoms with Gasteiger partial charge in [-0.2, -0.15) is 0 Å². The highest BCUT2D eigenvalue weighted by molar-refractivity contribution is 5.94. The van der Waals surface area contributed by atoms with Crippen molar-refractivity contribution in [2.45, 2.75) is 70.1 Å². The van der Waals surface area contributed by atoms with Crippen molar-refractivity contribution in [1.29, 1.82) is 0 Å². The van der Waals surface area contributed by atoms with Gasteiger partial charge in [0.15, 0.2) is 5.96 Å². The SMILES string of the molecule is CC(C)C(NC(=O)C1CCCN1C(=O)C(N)CCCN=C(N)N)C(=O)NC(Cc1cnc[nH]1)C(=O)O. The van der Waals surface area contributed by atoms with Gasteiger partial charge < -0.3 is 42.8 Å². The normalized spacial score (nSPS) is 17.8. The maximum absolute atomic E-state index is 13.1. The largest absolute Gasteiger partial charge is 0.480 e. The van der Waals surface area contributed by atoms with E-state index in [-0.39, 0.29) is 24.2 Å². The standard InChI is InChI=1S/C22H37N9O5/c1-12(2)17(19(33)29-15(21(35)36)9-13-10-26-11-28-13)30-18(32)16-6-4-8-31(16)20(34)14(23)5-3-7-27-22(24)25/h10-12,14-17H,3-9,23H2,1-2H3,(H,26,28)(H,29,33)(H,30,32)(H,35,36)(H4,24,25,27). The molecule has 4 atom stereocenters. The minimum atomic E-state index is -1.21. The second-order valence-corrected chi connectivity index (χ2v) is 9.16. The summed E-state index contributed by atoms with van der Waals surface area (Å²) in [7, 11) is 0. The van der Waals surface area contributed by atoms with Gasteiger partial charge >= 0.3 is 5.97 Å². The molecule has 0 spiro atoms. The van der Waals surface area contributed by atoms with Crippen LogP contribution in [0.25, 0.3) is 0 Å². The molecular weight excluding hydrogens is 470 g/mol. The lowest BCUT2D eigenvalue weighted by Crippen LogP contribution is -2.58. The first kappa shape index (κ1) is 28.6. The maximum Gasteiger partial charge on any atom is 0.326 e. The third kappa shape index (κ3) is 8.22. The number of carboxylic acid groups (broad SMARTS) is 1. The van der Waals surface area contributed by atoms with E-state index in [0.717, 1.165) is 0 Å². The predicted octanol–water partition coefficient (Wildman–Crippen LogP) is -1.97. The van der Waals surface area contributed by atoms with E-state index < -0.39 is 42.0 Å². The van der Waals surface area contributed by atoms with E-state index >= 15 is 0 Å². The van der Waals surface area contributed by atoms with Crippen LogP contribution < -0.4 is 27.8 Å². The van der Waals surface area contributed by atoms with Crippen LogP contribution in [0, 0.1) is 5.92 Å². The number of H-pyrrole nitrogens is 1. The van der Waals surface area contributed by atoms with Crippen LogP contribution in [-0.2, 0) is 25.6 Å². The highest BCUT2D eigenvalue weighted by Gasteiger charge is 2.38. The number of aliphatic imine (C=N–C) groups is 1. The van der Waals surface area contributed by atoms with E-state index in [1.807, 2.05) is 0 Å². The Morgan fingerprint density at radius 2 is 2.00 bits per heavy atom. The molecule has 2 rings (SSSR count). The average Bonchev–Trinajstić information content (AvgIpc) is 3.50. The fraction of sp³-hybridized carbons (Fsp3) is 0.636. The zero-order valence-corrected chi connectivity index (χ0v) is 20.6. The molecule has 1 aromatic rings. The Labute approximate surface area is 209 Å². The quantitative estimate of drug-likeness (QED) is 0.0889. The van der Waals surface area contributed by atoms with Crippen LogP contribution in [-0.4, -0.2) is 86.9 Å². The Kier molecular flexibility index (Phi) is 10.6. The van der Waals surface area contributed by atoms with Crippen LogP contribution >= 0.6 is 0 Å². The number of imidazole rings is 1. The minimum absolute atomic E-state index is 0.00577. The number of nitrogens with one attached hydrogen (secondary N) is 3. The van der Waals surface area contributed by atoms with Gasteiger partial charge in [-0.3, -0.25) is 19.4 Å². The van der Waals surface area contributed by atoms with Crippen molar-refractivity contribution in [2.75, 3.05) is 13.1 Å². The highest BCUT2D eigenvalue weighted by atomic mass is 16.4. The van der Waals surface area contributed by atoms with Crippen molar-refractivity contribution in [3.05, 3.63) is 18.2 Å². The molecule has 0 saturated carbocycles. The molecule has 0 bridgehead atoms. The third-order valence-electron chi connectivity index (χ3n) is 5.96. The molecule has 14 nitrogen and oxygen atoms in total. The number of carboxylic acids is 1. The molecule has 4 unspecified atom stereocenters. The highest BCUT2D eigenvalue weighted by Crippen LogP contribution is 2.20. The number of hydrogen-bond acceptors (Lipinski definition) is 7. The predicted molar refractivity (Wildman–Crippen MR) is 131 cm³/mol. The smallest absolute Gasteiger partial charge is 0.326 e. The molecule has 3 amide bonds. The van der Waals surface area contributed by atoms with Crippen molar-refractivity contribution in [1.82, 2.24) is 25.5 Å². The number of aromatic nitrogens is 2. The lowest BCUT2D eigenvalue weighted by Gasteiger charge is -2.29. The number of carbonyl (C=O) groups is 4. The first-order valence-electron chi connectivity index (χ1n) is 11.9. The van der Waals surface area contributed by atoms with Crippen molar-refractivity contribution < 1.29 is 24.3 Å². The Bertz CT molecular complexity index is 930. The van der Waals surface area contributed by atoms with Gasteiger partial charge in [-0.25, -0.2) is 9.78 Å². The summed E-state index contributed by atoms with van der Waals surface area (Å²) in [5.41, 5.74) is 17.2. The molecule has 1 fully saturated rings. The Morgan fingerprint density at radius 3 is 2.58 bits per heavy atom. The number of likely N-dealkylation sites (tertiary alicyclic amines) is 1. The second kappa shape index (κ2) is 13.4. The average molecular weight is 508 g/mol. The van der Waals surface area contributed by atoms with Crippen molar-refractivity contribution >= 4 is 29.7 Å². The number of aromatic amines is 1. The first-order valence-corrected chi connectivity index (χ1v) is 11.9. The molecule has 10 N–H and O–H groups in total. The zero-order valence-electron chi connectivity index (χ0n) is 20.6. The van der Waals surface area contributed by atoms with Crippen LogP contribution in [0.4, 0.5) is 0 Å². The van der Waals surface area contributed by atoms with Gasteiger partial charge in [-0.05, 0) is 31.6 Å². The summed E-state index contributed by atoms with van der Waals surface area (Å²) in [6, 6.07) is -3.78. The van der Waals surface area contributed by atoms with Gasteiger partial charge in [0, 0.05) is 31.4 Å². The Morgan fingerprint density at radius 1 is 1.28 bits per heavy atom. The second-order valence-electron chi connectivity index (χ2n) is 9.16. The van der Waals surface area contributed by atoms with E-state index in [1.165, 1.54) is 17.4 Å². The molecule has 200 valence electrons. The van der Waals surface area contributed by atoms with Crippen LogP contribution in [0.2, 0.25) is 0 Å². The van der Waals surface area contributed by atoms with Crippen LogP contribution in [0.5, 0.6) is 0 Å². The van der Waals surface area contributed by atoms with Gasteiger partial charge in [0.25, 0.3) is 0 Å². The lowest BCUT2D eigenvalue weighted by molar-refractivity contribution is -0.143. The summed E-state index contributed by atoms with van der Waals surface area (Å²) in [5, 5.41) is 14.7. The van der Waals surface area contributed by atoms with E-state index in [4.69, 9.17) is 17.2 Å². The molecule has 0 aromatic carbocycles. The maximum atomic E-state index is 13.1. The number of hydrogen-bond donors (Lipinski definition) is 7. The number of rotatable bonds is 13. The number of nitrogens with zero attached hydrogens (tertiary/aromatic N) is 3. The fourth-order valence-corrected chi connectivity index (χ4v) is 4.02. The zero-order chi connectivity index (χ0) is 26.8. The van der Waals surface area contributed by atoms with E-state index in [1.54, 1.807) is 13.8 Å². The molecular formula is C22H37N9O5. The number of nitrogens with two attached hydrogens (primary N) is 3. The topological polar surface area (TPSA) is 235 Å². The Balaban J connectivity index is 2.00. The minimum Gasteiger partial charge on any atom is -0.480 e. The molecule has 36 heavy (non-hydrogen) atoms. The molecule has 1 aliphatic heterocycles. The van der Waals surface area contributed by atoms with Gasteiger partial charge in [-0.15, -0.1) is 0 Å². The lowest BCUT2D eigenvalue weighted by atomic mass is 10.0. The third-order valence-corrected chi connectivity index (χ3v) is 5.96. The van der Waals surface area contributed by atoms with Crippen LogP contribution in [0.15, 0.2) is 17.5 Å². The Hall–Kier alpha value is -3.68. The molecule has 1 aliphatic rings. The van der Waals surface area contributed by atoms with E-state index in [2.05, 4.69) is 25.6 Å². The van der Waals surface area contributed by atoms with Gasteiger partial charge in [0.2, 0.25) is 17.7 Å². The molecule has 14 heteroatoms. The molecule has 1 aromatic heterocycles. The van der Waals surface area contributed by atoms with Crippen LogP contribution in [0.3, 0.4) is 0 Å². The summed E-state index contributed by atoms with van der Waals surface area (Å²) >= 11 is 0. The summed E-state index contributed by atoms with van der Waals surface area (Å²) in [5.74, 6) is -3.05. The number of guanidine groups is 1. The number of amides is 3. The summed E-state index contributed by atoms with van der Waals surface area (Å²) in [4.78, 5) is 62.6.